The molecule has 17 heavy (non-hydrogen) atoms. The number of halogens is 1. The first kappa shape index (κ1) is 12.6. The standard InChI is InChI=1S/C15H21FO/c1-10-3-4-13(7-10)15(17)9-12-5-6-14(16)8-11(12)2/h5-6,8,10,13,15,17H,3-4,7,9H2,1-2H3. The Kier molecular flexibility index (Phi) is 3.82. The Bertz CT molecular complexity index is 389. The number of rotatable bonds is 3. The molecule has 0 aromatic heterocycles. The highest BCUT2D eigenvalue weighted by Crippen LogP contribution is 2.33. The molecule has 0 amide bonds. The van der Waals surface area contributed by atoms with E-state index >= 15 is 0 Å². The second kappa shape index (κ2) is 5.18. The number of aliphatic hydroxyl groups excluding tert-OH is 1. The van der Waals surface area contributed by atoms with Crippen LogP contribution < -0.4 is 0 Å². The minimum absolute atomic E-state index is 0.199. The van der Waals surface area contributed by atoms with E-state index in [-0.39, 0.29) is 11.9 Å². The Morgan fingerprint density at radius 1 is 1.41 bits per heavy atom. The molecule has 1 aromatic carbocycles. The molecule has 1 aliphatic rings. The van der Waals surface area contributed by atoms with Crippen LogP contribution in [0.5, 0.6) is 0 Å². The Labute approximate surface area is 103 Å². The monoisotopic (exact) mass is 236 g/mol. The quantitative estimate of drug-likeness (QED) is 0.852. The molecule has 0 aliphatic heterocycles. The number of benzene rings is 1. The third-order valence-corrected chi connectivity index (χ3v) is 4.01. The van der Waals surface area contributed by atoms with Crippen molar-refractivity contribution in [3.8, 4) is 0 Å². The van der Waals surface area contributed by atoms with E-state index in [0.717, 1.165) is 29.9 Å². The van der Waals surface area contributed by atoms with E-state index in [1.54, 1.807) is 12.1 Å². The predicted molar refractivity (Wildman–Crippen MR) is 67.4 cm³/mol. The maximum absolute atomic E-state index is 13.0. The average molecular weight is 236 g/mol. The van der Waals surface area contributed by atoms with Gasteiger partial charge < -0.3 is 5.11 Å². The van der Waals surface area contributed by atoms with Crippen LogP contribution in [-0.4, -0.2) is 11.2 Å². The summed E-state index contributed by atoms with van der Waals surface area (Å²) < 4.78 is 13.0. The lowest BCUT2D eigenvalue weighted by Gasteiger charge is -2.19. The summed E-state index contributed by atoms with van der Waals surface area (Å²) >= 11 is 0. The van der Waals surface area contributed by atoms with E-state index in [2.05, 4.69) is 6.92 Å². The maximum atomic E-state index is 13.0. The van der Waals surface area contributed by atoms with Crippen molar-refractivity contribution in [3.05, 3.63) is 35.1 Å². The van der Waals surface area contributed by atoms with E-state index in [1.807, 2.05) is 6.92 Å². The zero-order valence-corrected chi connectivity index (χ0v) is 10.6. The summed E-state index contributed by atoms with van der Waals surface area (Å²) in [4.78, 5) is 0. The molecular weight excluding hydrogens is 215 g/mol. The summed E-state index contributed by atoms with van der Waals surface area (Å²) in [7, 11) is 0. The summed E-state index contributed by atoms with van der Waals surface area (Å²) in [5, 5.41) is 10.2. The lowest BCUT2D eigenvalue weighted by Crippen LogP contribution is -2.21. The van der Waals surface area contributed by atoms with Crippen molar-refractivity contribution in [2.24, 2.45) is 11.8 Å². The molecule has 0 spiro atoms. The average Bonchev–Trinajstić information content (AvgIpc) is 2.69. The third-order valence-electron chi connectivity index (χ3n) is 4.01. The molecule has 0 heterocycles. The Hall–Kier alpha value is -0.890. The first-order chi connectivity index (χ1) is 8.06. The van der Waals surface area contributed by atoms with Gasteiger partial charge in [-0.15, -0.1) is 0 Å². The van der Waals surface area contributed by atoms with Gasteiger partial charge in [0.25, 0.3) is 0 Å². The summed E-state index contributed by atoms with van der Waals surface area (Å²) in [5.41, 5.74) is 2.01. The third kappa shape index (κ3) is 3.06. The second-order valence-electron chi connectivity index (χ2n) is 5.52. The van der Waals surface area contributed by atoms with Gasteiger partial charge in [-0.25, -0.2) is 4.39 Å². The Morgan fingerprint density at radius 3 is 2.76 bits per heavy atom. The highest BCUT2D eigenvalue weighted by atomic mass is 19.1. The van der Waals surface area contributed by atoms with Crippen LogP contribution in [0.4, 0.5) is 4.39 Å². The van der Waals surface area contributed by atoms with Crippen molar-refractivity contribution in [1.29, 1.82) is 0 Å². The molecule has 0 radical (unpaired) electrons. The molecule has 94 valence electrons. The van der Waals surface area contributed by atoms with Crippen molar-refractivity contribution in [2.45, 2.75) is 45.6 Å². The van der Waals surface area contributed by atoms with Crippen LogP contribution >= 0.6 is 0 Å². The molecule has 2 heteroatoms. The lowest BCUT2D eigenvalue weighted by molar-refractivity contribution is 0.109. The van der Waals surface area contributed by atoms with Gasteiger partial charge in [0.15, 0.2) is 0 Å². The number of hydrogen-bond acceptors (Lipinski definition) is 1. The van der Waals surface area contributed by atoms with Gasteiger partial charge in [-0.2, -0.15) is 0 Å². The highest BCUT2D eigenvalue weighted by molar-refractivity contribution is 5.27. The molecule has 1 aliphatic carbocycles. The summed E-state index contributed by atoms with van der Waals surface area (Å²) in [6.07, 6.45) is 3.86. The Morgan fingerprint density at radius 2 is 2.18 bits per heavy atom. The minimum atomic E-state index is -0.274. The normalized spacial score (nSPS) is 26.1. The first-order valence-electron chi connectivity index (χ1n) is 6.49. The molecule has 1 fully saturated rings. The molecule has 1 saturated carbocycles. The second-order valence-corrected chi connectivity index (χ2v) is 5.52. The van der Waals surface area contributed by atoms with Crippen molar-refractivity contribution >= 4 is 0 Å². The lowest BCUT2D eigenvalue weighted by atomic mass is 9.92. The smallest absolute Gasteiger partial charge is 0.123 e. The number of aliphatic hydroxyl groups is 1. The summed E-state index contributed by atoms with van der Waals surface area (Å²) in [6, 6.07) is 4.82. The van der Waals surface area contributed by atoms with Crippen LogP contribution in [0.1, 0.15) is 37.3 Å². The van der Waals surface area contributed by atoms with E-state index in [4.69, 9.17) is 0 Å². The molecule has 1 N–H and O–H groups in total. The van der Waals surface area contributed by atoms with Crippen molar-refractivity contribution in [3.63, 3.8) is 0 Å². The van der Waals surface area contributed by atoms with E-state index in [0.29, 0.717) is 12.3 Å². The summed E-state index contributed by atoms with van der Waals surface area (Å²) in [6.45, 7) is 4.15. The van der Waals surface area contributed by atoms with Gasteiger partial charge in [0.05, 0.1) is 6.10 Å². The number of aryl methyl sites for hydroxylation is 1. The van der Waals surface area contributed by atoms with Gasteiger partial charge in [-0.05, 0) is 61.3 Å². The molecule has 2 rings (SSSR count). The van der Waals surface area contributed by atoms with E-state index in [1.165, 1.54) is 12.5 Å². The molecule has 0 saturated heterocycles. The molecule has 3 atom stereocenters. The topological polar surface area (TPSA) is 20.2 Å². The van der Waals surface area contributed by atoms with E-state index in [9.17, 15) is 9.50 Å². The van der Waals surface area contributed by atoms with Crippen molar-refractivity contribution < 1.29 is 9.50 Å². The summed E-state index contributed by atoms with van der Waals surface area (Å²) in [5.74, 6) is 0.966. The van der Waals surface area contributed by atoms with Gasteiger partial charge in [0.2, 0.25) is 0 Å². The molecule has 1 aromatic rings. The number of hydrogen-bond donors (Lipinski definition) is 1. The van der Waals surface area contributed by atoms with Gasteiger partial charge >= 0.3 is 0 Å². The predicted octanol–water partition coefficient (Wildman–Crippen LogP) is 3.47. The van der Waals surface area contributed by atoms with Crippen LogP contribution in [0.3, 0.4) is 0 Å². The fourth-order valence-corrected chi connectivity index (χ4v) is 2.88. The van der Waals surface area contributed by atoms with Gasteiger partial charge in [-0.1, -0.05) is 19.4 Å². The maximum Gasteiger partial charge on any atom is 0.123 e. The zero-order valence-electron chi connectivity index (χ0n) is 10.6. The molecular formula is C15H21FO. The molecule has 3 unspecified atom stereocenters. The first-order valence-corrected chi connectivity index (χ1v) is 6.49. The van der Waals surface area contributed by atoms with Crippen LogP contribution in [0.2, 0.25) is 0 Å². The minimum Gasteiger partial charge on any atom is -0.392 e. The molecule has 0 bridgehead atoms. The molecule has 1 nitrogen and oxygen atoms in total. The van der Waals surface area contributed by atoms with Gasteiger partial charge in [-0.3, -0.25) is 0 Å². The van der Waals surface area contributed by atoms with E-state index < -0.39 is 0 Å². The van der Waals surface area contributed by atoms with Crippen LogP contribution in [0.25, 0.3) is 0 Å². The van der Waals surface area contributed by atoms with Crippen molar-refractivity contribution in [2.75, 3.05) is 0 Å². The van der Waals surface area contributed by atoms with Gasteiger partial charge in [0, 0.05) is 0 Å². The SMILES string of the molecule is Cc1cc(F)ccc1CC(O)C1CCC(C)C1. The largest absolute Gasteiger partial charge is 0.392 e. The fraction of sp³-hybridized carbons (Fsp3) is 0.600. The van der Waals surface area contributed by atoms with Gasteiger partial charge in [0.1, 0.15) is 5.82 Å². The van der Waals surface area contributed by atoms with Crippen LogP contribution in [-0.2, 0) is 6.42 Å². The highest BCUT2D eigenvalue weighted by Gasteiger charge is 2.27. The zero-order chi connectivity index (χ0) is 12.4. The van der Waals surface area contributed by atoms with Crippen molar-refractivity contribution in [1.82, 2.24) is 0 Å². The van der Waals surface area contributed by atoms with Crippen LogP contribution in [0.15, 0.2) is 18.2 Å². The van der Waals surface area contributed by atoms with Crippen LogP contribution in [0, 0.1) is 24.6 Å². The Balaban J connectivity index is 2.00. The fourth-order valence-electron chi connectivity index (χ4n) is 2.88.